The number of pyridine rings is 1. The van der Waals surface area contributed by atoms with E-state index >= 15 is 0 Å². The number of nitrogens with zero attached hydrogens (tertiary/aromatic N) is 2. The minimum atomic E-state index is -0.164. The third kappa shape index (κ3) is 5.94. The van der Waals surface area contributed by atoms with Crippen molar-refractivity contribution < 1.29 is 14.3 Å². The van der Waals surface area contributed by atoms with Gasteiger partial charge in [0.25, 0.3) is 5.91 Å². The molecule has 1 saturated heterocycles. The Bertz CT molecular complexity index is 759. The Labute approximate surface area is 166 Å². The number of para-hydroxylation sites is 2. The highest BCUT2D eigenvalue weighted by Gasteiger charge is 2.12. The van der Waals surface area contributed by atoms with Gasteiger partial charge in [-0.05, 0) is 38.1 Å². The lowest BCUT2D eigenvalue weighted by Crippen LogP contribution is -2.41. The molecule has 1 aromatic heterocycles. The highest BCUT2D eigenvalue weighted by Crippen LogP contribution is 2.28. The second-order valence-corrected chi connectivity index (χ2v) is 6.93. The highest BCUT2D eigenvalue weighted by molar-refractivity contribution is 5.92. The Morgan fingerprint density at radius 2 is 2.00 bits per heavy atom. The first-order chi connectivity index (χ1) is 13.6. The van der Waals surface area contributed by atoms with E-state index in [1.165, 1.54) is 0 Å². The molecule has 1 fully saturated rings. The molecule has 0 spiro atoms. The van der Waals surface area contributed by atoms with Gasteiger partial charge in [-0.1, -0.05) is 12.1 Å². The summed E-state index contributed by atoms with van der Waals surface area (Å²) in [7, 11) is 0. The average molecular weight is 384 g/mol. The van der Waals surface area contributed by atoms with Crippen molar-refractivity contribution >= 4 is 17.3 Å². The van der Waals surface area contributed by atoms with Crippen LogP contribution in [0.15, 0.2) is 42.6 Å². The lowest BCUT2D eigenvalue weighted by Gasteiger charge is -2.26. The molecule has 2 heterocycles. The second-order valence-electron chi connectivity index (χ2n) is 6.93. The second kappa shape index (κ2) is 10.1. The van der Waals surface area contributed by atoms with Crippen molar-refractivity contribution in [2.75, 3.05) is 44.7 Å². The van der Waals surface area contributed by atoms with Crippen molar-refractivity contribution in [3.05, 3.63) is 48.3 Å². The number of morpholine rings is 1. The Balaban J connectivity index is 1.52. The molecule has 0 saturated carbocycles. The summed E-state index contributed by atoms with van der Waals surface area (Å²) in [6, 6.07) is 11.3. The maximum atomic E-state index is 12.3. The maximum absolute atomic E-state index is 12.3. The number of rotatable bonds is 8. The van der Waals surface area contributed by atoms with Crippen LogP contribution in [-0.4, -0.2) is 61.3 Å². The van der Waals surface area contributed by atoms with E-state index in [1.54, 1.807) is 12.3 Å². The molecule has 1 aliphatic heterocycles. The van der Waals surface area contributed by atoms with E-state index in [1.807, 2.05) is 44.2 Å². The fourth-order valence-electron chi connectivity index (χ4n) is 2.93. The number of carbonyl (C=O) groups excluding carboxylic acids is 1. The number of hydrogen-bond donors (Lipinski definition) is 2. The van der Waals surface area contributed by atoms with E-state index in [-0.39, 0.29) is 12.0 Å². The minimum Gasteiger partial charge on any atom is -0.489 e. The number of aromatic nitrogens is 1. The minimum absolute atomic E-state index is 0.0876. The van der Waals surface area contributed by atoms with Crippen molar-refractivity contribution in [2.45, 2.75) is 20.0 Å². The maximum Gasteiger partial charge on any atom is 0.269 e. The molecule has 0 atom stereocenters. The van der Waals surface area contributed by atoms with Crippen molar-refractivity contribution in [1.29, 1.82) is 0 Å². The Morgan fingerprint density at radius 1 is 1.21 bits per heavy atom. The zero-order valence-corrected chi connectivity index (χ0v) is 16.5. The van der Waals surface area contributed by atoms with Crippen LogP contribution in [0.2, 0.25) is 0 Å². The van der Waals surface area contributed by atoms with Gasteiger partial charge in [0.1, 0.15) is 11.4 Å². The van der Waals surface area contributed by atoms with Crippen LogP contribution in [0.25, 0.3) is 0 Å². The zero-order chi connectivity index (χ0) is 19.8. The molecule has 1 aromatic carbocycles. The summed E-state index contributed by atoms with van der Waals surface area (Å²) in [5.41, 5.74) is 2.06. The number of anilines is 2. The molecule has 1 amide bonds. The topological polar surface area (TPSA) is 75.7 Å². The molecule has 0 aliphatic carbocycles. The zero-order valence-electron chi connectivity index (χ0n) is 16.5. The van der Waals surface area contributed by atoms with Crippen LogP contribution < -0.4 is 15.4 Å². The van der Waals surface area contributed by atoms with E-state index in [2.05, 4.69) is 20.5 Å². The number of nitrogens with one attached hydrogen (secondary N) is 2. The molecule has 0 radical (unpaired) electrons. The highest BCUT2D eigenvalue weighted by atomic mass is 16.5. The van der Waals surface area contributed by atoms with Crippen LogP contribution in [0.5, 0.6) is 5.75 Å². The Morgan fingerprint density at radius 3 is 2.71 bits per heavy atom. The molecule has 0 bridgehead atoms. The van der Waals surface area contributed by atoms with E-state index in [4.69, 9.17) is 9.47 Å². The SMILES string of the molecule is CC(C)Oc1ccccc1Nc1ccc(C(=O)NCCN2CCOCC2)nc1. The lowest BCUT2D eigenvalue weighted by molar-refractivity contribution is 0.0383. The first-order valence-corrected chi connectivity index (χ1v) is 9.69. The van der Waals surface area contributed by atoms with Crippen LogP contribution in [0.4, 0.5) is 11.4 Å². The Kier molecular flexibility index (Phi) is 7.22. The summed E-state index contributed by atoms with van der Waals surface area (Å²) in [5.74, 6) is 0.616. The third-order valence-corrected chi connectivity index (χ3v) is 4.34. The predicted octanol–water partition coefficient (Wildman–Crippen LogP) is 2.67. The van der Waals surface area contributed by atoms with E-state index in [0.29, 0.717) is 12.2 Å². The smallest absolute Gasteiger partial charge is 0.269 e. The van der Waals surface area contributed by atoms with Gasteiger partial charge < -0.3 is 20.1 Å². The third-order valence-electron chi connectivity index (χ3n) is 4.34. The van der Waals surface area contributed by atoms with Gasteiger partial charge in [-0.3, -0.25) is 9.69 Å². The normalized spacial score (nSPS) is 14.7. The molecule has 7 nitrogen and oxygen atoms in total. The van der Waals surface area contributed by atoms with Crippen molar-refractivity contribution in [1.82, 2.24) is 15.2 Å². The van der Waals surface area contributed by atoms with Gasteiger partial charge in [0.15, 0.2) is 0 Å². The van der Waals surface area contributed by atoms with Gasteiger partial charge >= 0.3 is 0 Å². The summed E-state index contributed by atoms with van der Waals surface area (Å²) < 4.78 is 11.1. The first-order valence-electron chi connectivity index (χ1n) is 9.69. The number of amides is 1. The van der Waals surface area contributed by atoms with Gasteiger partial charge in [0, 0.05) is 26.2 Å². The van der Waals surface area contributed by atoms with Crippen LogP contribution in [0.1, 0.15) is 24.3 Å². The lowest BCUT2D eigenvalue weighted by atomic mass is 10.2. The summed E-state index contributed by atoms with van der Waals surface area (Å²) in [5, 5.41) is 6.21. The fraction of sp³-hybridized carbons (Fsp3) is 0.429. The standard InChI is InChI=1S/C21H28N4O3/c1-16(2)28-20-6-4-3-5-18(20)24-17-7-8-19(23-15-17)21(26)22-9-10-25-11-13-27-14-12-25/h3-8,15-16,24H,9-14H2,1-2H3,(H,22,26). The molecule has 2 N–H and O–H groups in total. The fourth-order valence-corrected chi connectivity index (χ4v) is 2.93. The van der Waals surface area contributed by atoms with E-state index < -0.39 is 0 Å². The molecule has 28 heavy (non-hydrogen) atoms. The summed E-state index contributed by atoms with van der Waals surface area (Å²) in [6.45, 7) is 8.75. The van der Waals surface area contributed by atoms with Gasteiger partial charge in [0.2, 0.25) is 0 Å². The molecule has 150 valence electrons. The van der Waals surface area contributed by atoms with Crippen LogP contribution >= 0.6 is 0 Å². The molecular weight excluding hydrogens is 356 g/mol. The largest absolute Gasteiger partial charge is 0.489 e. The van der Waals surface area contributed by atoms with Crippen LogP contribution in [-0.2, 0) is 4.74 Å². The summed E-state index contributed by atoms with van der Waals surface area (Å²) in [6.07, 6.45) is 1.74. The molecule has 3 rings (SSSR count). The molecule has 0 unspecified atom stereocenters. The molecule has 2 aromatic rings. The van der Waals surface area contributed by atoms with Crippen molar-refractivity contribution in [3.63, 3.8) is 0 Å². The Hall–Kier alpha value is -2.64. The first kappa shape index (κ1) is 20.1. The average Bonchev–Trinajstić information content (AvgIpc) is 2.70. The summed E-state index contributed by atoms with van der Waals surface area (Å²) in [4.78, 5) is 18.8. The van der Waals surface area contributed by atoms with Crippen LogP contribution in [0.3, 0.4) is 0 Å². The molecule has 7 heteroatoms. The number of carbonyl (C=O) groups is 1. The number of benzene rings is 1. The number of ether oxygens (including phenoxy) is 2. The van der Waals surface area contributed by atoms with Crippen molar-refractivity contribution in [2.24, 2.45) is 0 Å². The van der Waals surface area contributed by atoms with Crippen molar-refractivity contribution in [3.8, 4) is 5.75 Å². The van der Waals surface area contributed by atoms with Gasteiger partial charge in [-0.15, -0.1) is 0 Å². The van der Waals surface area contributed by atoms with Gasteiger partial charge in [-0.25, -0.2) is 4.98 Å². The summed E-state index contributed by atoms with van der Waals surface area (Å²) >= 11 is 0. The number of hydrogen-bond acceptors (Lipinski definition) is 6. The van der Waals surface area contributed by atoms with Gasteiger partial charge in [-0.2, -0.15) is 0 Å². The van der Waals surface area contributed by atoms with Crippen LogP contribution in [0, 0.1) is 0 Å². The van der Waals surface area contributed by atoms with E-state index in [0.717, 1.165) is 50.0 Å². The monoisotopic (exact) mass is 384 g/mol. The molecular formula is C21H28N4O3. The molecule has 1 aliphatic rings. The predicted molar refractivity (Wildman–Crippen MR) is 109 cm³/mol. The van der Waals surface area contributed by atoms with Gasteiger partial charge in [0.05, 0.1) is 36.9 Å². The van der Waals surface area contributed by atoms with E-state index in [9.17, 15) is 4.79 Å². The quantitative estimate of drug-likeness (QED) is 0.729.